The molecule has 0 amide bonds. The van der Waals surface area contributed by atoms with E-state index in [2.05, 4.69) is 16.1 Å². The number of rotatable bonds is 4. The summed E-state index contributed by atoms with van der Waals surface area (Å²) < 4.78 is 1.90. The van der Waals surface area contributed by atoms with E-state index in [0.29, 0.717) is 17.7 Å². The molecule has 5 nitrogen and oxygen atoms in total. The van der Waals surface area contributed by atoms with Crippen LogP contribution in [-0.2, 0) is 0 Å². The number of hydrogen-bond donors (Lipinski definition) is 1. The fraction of sp³-hybridized carbons (Fsp3) is 0.400. The summed E-state index contributed by atoms with van der Waals surface area (Å²) >= 11 is 0. The Morgan fingerprint density at radius 1 is 1.20 bits per heavy atom. The van der Waals surface area contributed by atoms with Gasteiger partial charge in [-0.2, -0.15) is 5.10 Å². The second-order valence-electron chi connectivity index (χ2n) is 5.66. The molecule has 5 heteroatoms. The third-order valence-electron chi connectivity index (χ3n) is 3.96. The Morgan fingerprint density at radius 2 is 1.95 bits per heavy atom. The maximum absolute atomic E-state index is 10.9. The molecular formula is C15H15N3O2. The summed E-state index contributed by atoms with van der Waals surface area (Å²) in [5.41, 5.74) is 2.59. The van der Waals surface area contributed by atoms with Crippen molar-refractivity contribution in [2.45, 2.75) is 37.5 Å². The van der Waals surface area contributed by atoms with Gasteiger partial charge in [0.2, 0.25) is 0 Å². The summed E-state index contributed by atoms with van der Waals surface area (Å²) in [5, 5.41) is 13.6. The number of pyridine rings is 1. The summed E-state index contributed by atoms with van der Waals surface area (Å²) in [5.74, 6) is 0.970. The lowest BCUT2D eigenvalue weighted by Gasteiger charge is -2.05. The average Bonchev–Trinajstić information content (AvgIpc) is 3.37. The van der Waals surface area contributed by atoms with Gasteiger partial charge < -0.3 is 5.11 Å². The number of nitrogens with zero attached hydrogens (tertiary/aromatic N) is 3. The maximum Gasteiger partial charge on any atom is 0.337 e. The minimum atomic E-state index is -0.953. The van der Waals surface area contributed by atoms with E-state index in [1.165, 1.54) is 37.6 Å². The topological polar surface area (TPSA) is 68.0 Å². The van der Waals surface area contributed by atoms with Crippen LogP contribution >= 0.6 is 0 Å². The van der Waals surface area contributed by atoms with Crippen LogP contribution in [0.1, 0.15) is 59.3 Å². The van der Waals surface area contributed by atoms with Crippen LogP contribution in [0.2, 0.25) is 0 Å². The quantitative estimate of drug-likeness (QED) is 0.926. The molecule has 0 spiro atoms. The zero-order valence-electron chi connectivity index (χ0n) is 11.0. The molecule has 0 saturated heterocycles. The van der Waals surface area contributed by atoms with Crippen molar-refractivity contribution in [1.29, 1.82) is 0 Å². The van der Waals surface area contributed by atoms with Crippen molar-refractivity contribution >= 4 is 5.97 Å². The maximum atomic E-state index is 10.9. The highest BCUT2D eigenvalue weighted by Gasteiger charge is 2.33. The van der Waals surface area contributed by atoms with E-state index < -0.39 is 5.97 Å². The number of carboxylic acids is 1. The Labute approximate surface area is 116 Å². The standard InChI is InChI=1S/C15H15N3O2/c19-15(20)11-5-6-14(16-8-11)18-13(10-3-4-10)7-12(17-18)9-1-2-9/h5-10H,1-4H2,(H,19,20). The first-order valence-electron chi connectivity index (χ1n) is 7.02. The molecule has 2 saturated carbocycles. The number of carboxylic acid groups (broad SMARTS) is 1. The molecule has 2 aliphatic rings. The van der Waals surface area contributed by atoms with Crippen molar-refractivity contribution in [3.05, 3.63) is 41.3 Å². The van der Waals surface area contributed by atoms with E-state index in [-0.39, 0.29) is 5.56 Å². The largest absolute Gasteiger partial charge is 0.478 e. The zero-order chi connectivity index (χ0) is 13.7. The molecule has 2 aliphatic carbocycles. The van der Waals surface area contributed by atoms with Crippen molar-refractivity contribution in [3.63, 3.8) is 0 Å². The highest BCUT2D eigenvalue weighted by atomic mass is 16.4. The Morgan fingerprint density at radius 3 is 2.50 bits per heavy atom. The SMILES string of the molecule is O=C(O)c1ccc(-n2nc(C3CC3)cc2C2CC2)nc1. The highest BCUT2D eigenvalue weighted by Crippen LogP contribution is 2.45. The van der Waals surface area contributed by atoms with Crippen molar-refractivity contribution in [2.24, 2.45) is 0 Å². The van der Waals surface area contributed by atoms with Gasteiger partial charge in [0.15, 0.2) is 5.82 Å². The molecule has 2 aromatic heterocycles. The third-order valence-corrected chi connectivity index (χ3v) is 3.96. The first-order chi connectivity index (χ1) is 9.72. The molecule has 20 heavy (non-hydrogen) atoms. The molecule has 102 valence electrons. The van der Waals surface area contributed by atoms with Crippen molar-refractivity contribution in [2.75, 3.05) is 0 Å². The van der Waals surface area contributed by atoms with Gasteiger partial charge in [0.25, 0.3) is 0 Å². The molecule has 2 heterocycles. The molecule has 2 fully saturated rings. The van der Waals surface area contributed by atoms with Crippen LogP contribution in [0.5, 0.6) is 0 Å². The van der Waals surface area contributed by atoms with Gasteiger partial charge in [-0.05, 0) is 43.9 Å². The number of aromatic nitrogens is 3. The summed E-state index contributed by atoms with van der Waals surface area (Å²) in [4.78, 5) is 15.1. The van der Waals surface area contributed by atoms with Crippen LogP contribution in [0.4, 0.5) is 0 Å². The van der Waals surface area contributed by atoms with Gasteiger partial charge in [0.1, 0.15) is 0 Å². The fourth-order valence-corrected chi connectivity index (χ4v) is 2.48. The van der Waals surface area contributed by atoms with Crippen LogP contribution in [0.15, 0.2) is 24.4 Å². The molecule has 0 radical (unpaired) electrons. The van der Waals surface area contributed by atoms with Gasteiger partial charge in [-0.25, -0.2) is 14.5 Å². The molecular weight excluding hydrogens is 254 g/mol. The normalized spacial score (nSPS) is 18.2. The van der Waals surface area contributed by atoms with Gasteiger partial charge in [0, 0.05) is 23.7 Å². The molecule has 0 aromatic carbocycles. The van der Waals surface area contributed by atoms with Crippen LogP contribution in [0.3, 0.4) is 0 Å². The summed E-state index contributed by atoms with van der Waals surface area (Å²) in [6.07, 6.45) is 6.28. The minimum Gasteiger partial charge on any atom is -0.478 e. The van der Waals surface area contributed by atoms with Crippen molar-refractivity contribution in [1.82, 2.24) is 14.8 Å². The highest BCUT2D eigenvalue weighted by molar-refractivity contribution is 5.87. The van der Waals surface area contributed by atoms with Gasteiger partial charge in [-0.3, -0.25) is 0 Å². The van der Waals surface area contributed by atoms with E-state index in [9.17, 15) is 4.79 Å². The monoisotopic (exact) mass is 269 g/mol. The lowest BCUT2D eigenvalue weighted by molar-refractivity contribution is 0.0696. The fourth-order valence-electron chi connectivity index (χ4n) is 2.48. The van der Waals surface area contributed by atoms with Crippen LogP contribution in [0.25, 0.3) is 5.82 Å². The molecule has 0 atom stereocenters. The van der Waals surface area contributed by atoms with E-state index in [1.807, 2.05) is 4.68 Å². The Kier molecular flexibility index (Phi) is 2.42. The van der Waals surface area contributed by atoms with Gasteiger partial charge in [-0.1, -0.05) is 0 Å². The lowest BCUT2D eigenvalue weighted by atomic mass is 10.2. The van der Waals surface area contributed by atoms with Crippen LogP contribution in [-0.4, -0.2) is 25.8 Å². The molecule has 0 unspecified atom stereocenters. The van der Waals surface area contributed by atoms with Gasteiger partial charge in [0.05, 0.1) is 11.3 Å². The van der Waals surface area contributed by atoms with Crippen molar-refractivity contribution < 1.29 is 9.90 Å². The smallest absolute Gasteiger partial charge is 0.337 e. The Hall–Kier alpha value is -2.17. The molecule has 0 bridgehead atoms. The van der Waals surface area contributed by atoms with E-state index in [4.69, 9.17) is 5.11 Å². The van der Waals surface area contributed by atoms with Crippen LogP contribution < -0.4 is 0 Å². The predicted molar refractivity (Wildman–Crippen MR) is 72.3 cm³/mol. The average molecular weight is 269 g/mol. The first-order valence-corrected chi connectivity index (χ1v) is 7.02. The number of carbonyl (C=O) groups is 1. The van der Waals surface area contributed by atoms with Gasteiger partial charge in [-0.15, -0.1) is 0 Å². The van der Waals surface area contributed by atoms with Crippen LogP contribution in [0, 0.1) is 0 Å². The van der Waals surface area contributed by atoms with Gasteiger partial charge >= 0.3 is 5.97 Å². The Bertz CT molecular complexity index is 667. The van der Waals surface area contributed by atoms with Crippen molar-refractivity contribution in [3.8, 4) is 5.82 Å². The second kappa shape index (κ2) is 4.16. The lowest BCUT2D eigenvalue weighted by Crippen LogP contribution is -2.05. The third kappa shape index (κ3) is 1.99. The summed E-state index contributed by atoms with van der Waals surface area (Å²) in [6, 6.07) is 5.53. The minimum absolute atomic E-state index is 0.205. The molecule has 4 rings (SSSR count). The van der Waals surface area contributed by atoms with E-state index in [1.54, 1.807) is 12.1 Å². The first kappa shape index (κ1) is 11.6. The number of aromatic carboxylic acids is 1. The molecule has 0 aliphatic heterocycles. The predicted octanol–water partition coefficient (Wildman–Crippen LogP) is 2.72. The summed E-state index contributed by atoms with van der Waals surface area (Å²) in [7, 11) is 0. The second-order valence-corrected chi connectivity index (χ2v) is 5.66. The van der Waals surface area contributed by atoms with E-state index in [0.717, 1.165) is 5.69 Å². The zero-order valence-corrected chi connectivity index (χ0v) is 11.0. The molecule has 2 aromatic rings. The molecule has 1 N–H and O–H groups in total. The summed E-state index contributed by atoms with van der Waals surface area (Å²) in [6.45, 7) is 0. The Balaban J connectivity index is 1.74. The number of hydrogen-bond acceptors (Lipinski definition) is 3. The van der Waals surface area contributed by atoms with E-state index >= 15 is 0 Å².